The van der Waals surface area contributed by atoms with Crippen molar-refractivity contribution >= 4 is 5.91 Å². The second kappa shape index (κ2) is 9.59. The fraction of sp³-hybridized carbons (Fsp3) is 0.321. The van der Waals surface area contributed by atoms with Crippen LogP contribution < -0.4 is 4.74 Å². The van der Waals surface area contributed by atoms with Gasteiger partial charge in [0.1, 0.15) is 11.5 Å². The van der Waals surface area contributed by atoms with Crippen molar-refractivity contribution in [2.75, 3.05) is 26.7 Å². The van der Waals surface area contributed by atoms with Crippen LogP contribution in [0.3, 0.4) is 0 Å². The molecule has 0 spiro atoms. The van der Waals surface area contributed by atoms with Gasteiger partial charge in [0.25, 0.3) is 0 Å². The lowest BCUT2D eigenvalue weighted by Gasteiger charge is -2.36. The van der Waals surface area contributed by atoms with E-state index < -0.39 is 29.8 Å². The molecule has 0 aromatic heterocycles. The van der Waals surface area contributed by atoms with E-state index in [-0.39, 0.29) is 5.91 Å². The first kappa shape index (κ1) is 24.3. The van der Waals surface area contributed by atoms with Crippen molar-refractivity contribution in [1.82, 2.24) is 9.80 Å². The van der Waals surface area contributed by atoms with Gasteiger partial charge in [-0.25, -0.2) is 0 Å². The molecule has 0 bridgehead atoms. The van der Waals surface area contributed by atoms with E-state index in [1.807, 2.05) is 53.4 Å². The molecule has 188 valence electrons. The van der Waals surface area contributed by atoms with Crippen molar-refractivity contribution in [3.05, 3.63) is 95.1 Å². The smallest absolute Gasteiger partial charge is 0.416 e. The minimum Gasteiger partial charge on any atom is -0.457 e. The zero-order chi connectivity index (χ0) is 25.4. The summed E-state index contributed by atoms with van der Waals surface area (Å²) in [5, 5.41) is 10.0. The van der Waals surface area contributed by atoms with Crippen molar-refractivity contribution in [2.24, 2.45) is 0 Å². The Hall–Kier alpha value is -3.36. The predicted octanol–water partition coefficient (Wildman–Crippen LogP) is 5.21. The van der Waals surface area contributed by atoms with E-state index in [0.29, 0.717) is 43.1 Å². The Balaban J connectivity index is 1.51. The fourth-order valence-corrected chi connectivity index (χ4v) is 5.10. The van der Waals surface area contributed by atoms with Crippen LogP contribution in [0.15, 0.2) is 72.8 Å². The minimum absolute atomic E-state index is 0.178. The number of alkyl halides is 3. The van der Waals surface area contributed by atoms with Crippen molar-refractivity contribution in [3.63, 3.8) is 0 Å². The zero-order valence-electron chi connectivity index (χ0n) is 19.8. The maximum absolute atomic E-state index is 14.1. The first-order valence-electron chi connectivity index (χ1n) is 11.9. The number of fused-ring (bicyclic) bond motifs is 2. The van der Waals surface area contributed by atoms with Gasteiger partial charge in [0.05, 0.1) is 23.6 Å². The second-order valence-electron chi connectivity index (χ2n) is 9.40. The summed E-state index contributed by atoms with van der Waals surface area (Å²) in [7, 11) is 1.69. The summed E-state index contributed by atoms with van der Waals surface area (Å²) in [6, 6.07) is 19.3. The van der Waals surface area contributed by atoms with E-state index in [1.165, 1.54) is 12.1 Å². The Morgan fingerprint density at radius 3 is 2.14 bits per heavy atom. The number of carbonyl (C=O) groups excluding carboxylic acids is 1. The van der Waals surface area contributed by atoms with Gasteiger partial charge in [-0.15, -0.1) is 0 Å². The van der Waals surface area contributed by atoms with E-state index in [0.717, 1.165) is 23.3 Å². The summed E-state index contributed by atoms with van der Waals surface area (Å²) >= 11 is 0. The number of para-hydroxylation sites is 2. The van der Waals surface area contributed by atoms with Crippen LogP contribution in [0.2, 0.25) is 0 Å². The molecule has 0 saturated carbocycles. The molecule has 1 saturated heterocycles. The molecule has 0 radical (unpaired) electrons. The Morgan fingerprint density at radius 2 is 1.61 bits per heavy atom. The molecule has 1 amide bonds. The average molecular weight is 497 g/mol. The van der Waals surface area contributed by atoms with Crippen LogP contribution in [-0.2, 0) is 11.0 Å². The van der Waals surface area contributed by atoms with Gasteiger partial charge in [-0.2, -0.15) is 13.2 Å². The van der Waals surface area contributed by atoms with Crippen LogP contribution in [0.25, 0.3) is 0 Å². The molecule has 1 fully saturated rings. The number of halogens is 3. The Morgan fingerprint density at radius 1 is 1.03 bits per heavy atom. The van der Waals surface area contributed by atoms with E-state index in [1.54, 1.807) is 11.9 Å². The van der Waals surface area contributed by atoms with Gasteiger partial charge < -0.3 is 14.7 Å². The largest absolute Gasteiger partial charge is 0.457 e. The standard InChI is InChI=1S/C28H27F3N2O3/c1-32(27(35)26-21-6-2-4-8-24(21)36-25-9-5-3-7-22(25)26)23(17-33-15-14-20(34)16-33)18-10-12-19(13-11-18)28(29,30)31/h2-13,20,23,26,34H,14-17H2,1H3/t20-,23+/m0/s1. The molecule has 8 heteroatoms. The van der Waals surface area contributed by atoms with Crippen molar-refractivity contribution in [3.8, 4) is 11.5 Å². The summed E-state index contributed by atoms with van der Waals surface area (Å²) in [6.45, 7) is 1.52. The number of likely N-dealkylation sites (tertiary alicyclic amines) is 1. The first-order valence-corrected chi connectivity index (χ1v) is 11.9. The van der Waals surface area contributed by atoms with Gasteiger partial charge in [-0.05, 0) is 36.2 Å². The van der Waals surface area contributed by atoms with Crippen LogP contribution in [0.1, 0.15) is 40.6 Å². The van der Waals surface area contributed by atoms with Crippen molar-refractivity contribution in [2.45, 2.75) is 30.7 Å². The highest BCUT2D eigenvalue weighted by Crippen LogP contribution is 2.45. The average Bonchev–Trinajstić information content (AvgIpc) is 3.29. The molecular formula is C28H27F3N2O3. The number of hydrogen-bond acceptors (Lipinski definition) is 4. The molecule has 0 aliphatic carbocycles. The quantitative estimate of drug-likeness (QED) is 0.527. The lowest BCUT2D eigenvalue weighted by Crippen LogP contribution is -2.41. The maximum Gasteiger partial charge on any atom is 0.416 e. The highest BCUT2D eigenvalue weighted by molar-refractivity contribution is 5.90. The van der Waals surface area contributed by atoms with E-state index in [4.69, 9.17) is 4.74 Å². The SMILES string of the molecule is CN(C(=O)C1c2ccccc2Oc2ccccc21)[C@H](CN1CC[C@H](O)C1)c1ccc(C(F)(F)F)cc1. The van der Waals surface area contributed by atoms with E-state index >= 15 is 0 Å². The van der Waals surface area contributed by atoms with E-state index in [2.05, 4.69) is 0 Å². The highest BCUT2D eigenvalue weighted by Gasteiger charge is 2.38. The van der Waals surface area contributed by atoms with Gasteiger partial charge >= 0.3 is 6.18 Å². The molecule has 3 aromatic carbocycles. The monoisotopic (exact) mass is 496 g/mol. The third-order valence-electron chi connectivity index (χ3n) is 7.04. The number of carbonyl (C=O) groups is 1. The Bertz CT molecular complexity index is 1200. The van der Waals surface area contributed by atoms with Gasteiger partial charge in [-0.3, -0.25) is 9.69 Å². The number of ether oxygens (including phenoxy) is 1. The zero-order valence-corrected chi connectivity index (χ0v) is 19.8. The number of β-amino-alcohol motifs (C(OH)–C–C–N with tert-alkyl or cyclic N) is 1. The Kier molecular flexibility index (Phi) is 6.49. The molecule has 0 unspecified atom stereocenters. The van der Waals surface area contributed by atoms with Gasteiger partial charge in [0, 0.05) is 37.8 Å². The second-order valence-corrected chi connectivity index (χ2v) is 9.40. The highest BCUT2D eigenvalue weighted by atomic mass is 19.4. The van der Waals surface area contributed by atoms with Crippen molar-refractivity contribution in [1.29, 1.82) is 0 Å². The van der Waals surface area contributed by atoms with E-state index in [9.17, 15) is 23.1 Å². The lowest BCUT2D eigenvalue weighted by molar-refractivity contribution is -0.137. The predicted molar refractivity (Wildman–Crippen MR) is 129 cm³/mol. The van der Waals surface area contributed by atoms with Crippen LogP contribution in [0.5, 0.6) is 11.5 Å². The summed E-state index contributed by atoms with van der Waals surface area (Å²) < 4.78 is 45.6. The minimum atomic E-state index is -4.44. The van der Waals surface area contributed by atoms with Crippen LogP contribution in [-0.4, -0.2) is 53.6 Å². The topological polar surface area (TPSA) is 53.0 Å². The van der Waals surface area contributed by atoms with Crippen LogP contribution in [0.4, 0.5) is 13.2 Å². The maximum atomic E-state index is 14.1. The molecule has 2 aliphatic heterocycles. The number of nitrogens with zero attached hydrogens (tertiary/aromatic N) is 2. The summed E-state index contributed by atoms with van der Waals surface area (Å²) in [5.41, 5.74) is 1.36. The molecule has 2 heterocycles. The molecule has 5 nitrogen and oxygen atoms in total. The molecule has 3 aromatic rings. The number of benzene rings is 3. The number of rotatable bonds is 5. The first-order chi connectivity index (χ1) is 17.2. The third kappa shape index (κ3) is 4.70. The van der Waals surface area contributed by atoms with Crippen molar-refractivity contribution < 1.29 is 27.8 Å². The fourth-order valence-electron chi connectivity index (χ4n) is 5.10. The number of aliphatic hydroxyl groups excluding tert-OH is 1. The van der Waals surface area contributed by atoms with Crippen LogP contribution in [0, 0.1) is 0 Å². The van der Waals surface area contributed by atoms with Gasteiger partial charge in [0.15, 0.2) is 0 Å². The van der Waals surface area contributed by atoms with Gasteiger partial charge in [-0.1, -0.05) is 48.5 Å². The third-order valence-corrected chi connectivity index (χ3v) is 7.04. The number of hydrogen-bond donors (Lipinski definition) is 1. The lowest BCUT2D eigenvalue weighted by atomic mass is 9.86. The summed E-state index contributed by atoms with van der Waals surface area (Å²) in [5.74, 6) is 0.425. The molecule has 2 aliphatic rings. The molecular weight excluding hydrogens is 469 g/mol. The normalized spacial score (nSPS) is 18.8. The number of likely N-dealkylation sites (N-methyl/N-ethyl adjacent to an activating group) is 1. The summed E-state index contributed by atoms with van der Waals surface area (Å²) in [6.07, 6.45) is -4.27. The molecule has 5 rings (SSSR count). The Labute approximate surface area is 207 Å². The molecule has 1 N–H and O–H groups in total. The molecule has 36 heavy (non-hydrogen) atoms. The number of amides is 1. The molecule has 2 atom stereocenters. The summed E-state index contributed by atoms with van der Waals surface area (Å²) in [4.78, 5) is 17.8. The van der Waals surface area contributed by atoms with Crippen LogP contribution >= 0.6 is 0 Å². The van der Waals surface area contributed by atoms with Gasteiger partial charge in [0.2, 0.25) is 5.91 Å². The number of aliphatic hydroxyl groups is 1.